The maximum absolute atomic E-state index is 12.9. The van der Waals surface area contributed by atoms with Crippen molar-refractivity contribution in [2.75, 3.05) is 19.0 Å². The van der Waals surface area contributed by atoms with Gasteiger partial charge in [-0.25, -0.2) is 9.59 Å². The number of hydrogen-bond donors (Lipinski definition) is 4. The van der Waals surface area contributed by atoms with Gasteiger partial charge in [0.1, 0.15) is 24.1 Å². The first-order valence-corrected chi connectivity index (χ1v) is 12.2. The smallest absolute Gasteiger partial charge is 0.334 e. The number of benzene rings is 2. The topological polar surface area (TPSA) is 163 Å². The number of piperidine rings is 1. The Bertz CT molecular complexity index is 1390. The number of aliphatic carboxylic acids is 1. The van der Waals surface area contributed by atoms with Crippen LogP contribution in [0, 0.1) is 0 Å². The molecule has 0 saturated carbocycles. The number of ether oxygens (including phenoxy) is 2. The highest BCUT2D eigenvalue weighted by Gasteiger charge is 2.39. The molecule has 204 valence electrons. The molecule has 1 atom stereocenters. The highest BCUT2D eigenvalue weighted by atomic mass is 35.5. The van der Waals surface area contributed by atoms with E-state index >= 15 is 0 Å². The molecule has 0 radical (unpaired) electrons. The van der Waals surface area contributed by atoms with Gasteiger partial charge in [0, 0.05) is 37.2 Å². The first-order valence-electron chi connectivity index (χ1n) is 11.8. The zero-order valence-electron chi connectivity index (χ0n) is 20.8. The largest absolute Gasteiger partial charge is 0.495 e. The van der Waals surface area contributed by atoms with E-state index in [4.69, 9.17) is 26.2 Å². The molecule has 1 unspecified atom stereocenters. The summed E-state index contributed by atoms with van der Waals surface area (Å²) in [6.45, 7) is 3.40. The molecule has 2 aromatic carbocycles. The Hall–Kier alpha value is -4.58. The number of methoxy groups -OCH3 is 1. The minimum atomic E-state index is -1.22. The van der Waals surface area contributed by atoms with Gasteiger partial charge >= 0.3 is 12.0 Å². The van der Waals surface area contributed by atoms with Gasteiger partial charge in [0.15, 0.2) is 0 Å². The van der Waals surface area contributed by atoms with Crippen molar-refractivity contribution in [2.24, 2.45) is 0 Å². The SMILES string of the molecule is C=C(COc1cc(Cl)c(OC)cc1NC(=O)NCc1ccc2c(c1)CN(C1CCC(=O)NC1=O)C2=O)C(=O)O. The van der Waals surface area contributed by atoms with Crippen LogP contribution in [-0.4, -0.2) is 59.5 Å². The average Bonchev–Trinajstić information content (AvgIpc) is 3.22. The fraction of sp³-hybridized carbons (Fsp3) is 0.269. The Kier molecular flexibility index (Phi) is 8.05. The van der Waals surface area contributed by atoms with Gasteiger partial charge in [-0.3, -0.25) is 19.7 Å². The van der Waals surface area contributed by atoms with Gasteiger partial charge < -0.3 is 30.1 Å². The number of carbonyl (C=O) groups excluding carboxylic acids is 4. The molecule has 4 rings (SSSR count). The van der Waals surface area contributed by atoms with Crippen molar-refractivity contribution in [2.45, 2.75) is 32.0 Å². The molecule has 5 amide bonds. The molecule has 0 aromatic heterocycles. The lowest BCUT2D eigenvalue weighted by atomic mass is 10.0. The lowest BCUT2D eigenvalue weighted by molar-refractivity contribution is -0.137. The van der Waals surface area contributed by atoms with E-state index in [1.54, 1.807) is 18.2 Å². The summed E-state index contributed by atoms with van der Waals surface area (Å²) in [4.78, 5) is 61.7. The molecular formula is C26H25ClN4O8. The Morgan fingerprint density at radius 3 is 2.67 bits per heavy atom. The molecule has 2 aliphatic rings. The van der Waals surface area contributed by atoms with E-state index in [0.717, 1.165) is 0 Å². The van der Waals surface area contributed by atoms with Crippen LogP contribution in [0.2, 0.25) is 5.02 Å². The van der Waals surface area contributed by atoms with Crippen LogP contribution < -0.4 is 25.4 Å². The normalized spacial score (nSPS) is 16.3. The summed E-state index contributed by atoms with van der Waals surface area (Å²) in [5.41, 5.74) is 1.88. The molecule has 2 aromatic rings. The summed E-state index contributed by atoms with van der Waals surface area (Å²) in [6.07, 6.45) is 0.436. The quantitative estimate of drug-likeness (QED) is 0.270. The van der Waals surface area contributed by atoms with Gasteiger partial charge in [-0.15, -0.1) is 0 Å². The molecule has 2 heterocycles. The summed E-state index contributed by atoms with van der Waals surface area (Å²) < 4.78 is 10.7. The fourth-order valence-electron chi connectivity index (χ4n) is 4.22. The molecular weight excluding hydrogens is 532 g/mol. The van der Waals surface area contributed by atoms with Crippen LogP contribution in [0.25, 0.3) is 0 Å². The monoisotopic (exact) mass is 556 g/mol. The molecule has 39 heavy (non-hydrogen) atoms. The summed E-state index contributed by atoms with van der Waals surface area (Å²) in [6, 6.07) is 6.63. The number of anilines is 1. The molecule has 12 nitrogen and oxygen atoms in total. The predicted octanol–water partition coefficient (Wildman–Crippen LogP) is 2.45. The second kappa shape index (κ2) is 11.4. The minimum Gasteiger partial charge on any atom is -0.495 e. The van der Waals surface area contributed by atoms with Crippen LogP contribution in [-0.2, 0) is 27.5 Å². The van der Waals surface area contributed by atoms with Gasteiger partial charge in [-0.1, -0.05) is 30.3 Å². The zero-order chi connectivity index (χ0) is 28.3. The number of halogens is 1. The van der Waals surface area contributed by atoms with Crippen molar-refractivity contribution in [3.63, 3.8) is 0 Å². The third kappa shape index (κ3) is 6.12. The van der Waals surface area contributed by atoms with Gasteiger partial charge in [0.2, 0.25) is 11.8 Å². The maximum Gasteiger partial charge on any atom is 0.334 e. The third-order valence-electron chi connectivity index (χ3n) is 6.25. The highest BCUT2D eigenvalue weighted by Crippen LogP contribution is 2.36. The number of carboxylic acids is 1. The molecule has 4 N–H and O–H groups in total. The number of nitrogens with one attached hydrogen (secondary N) is 3. The minimum absolute atomic E-state index is 0.114. The number of fused-ring (bicyclic) bond motifs is 1. The number of urea groups is 1. The Morgan fingerprint density at radius 2 is 1.97 bits per heavy atom. The van der Waals surface area contributed by atoms with E-state index in [9.17, 15) is 24.0 Å². The summed E-state index contributed by atoms with van der Waals surface area (Å²) in [5.74, 6) is -1.97. The van der Waals surface area contributed by atoms with E-state index in [-0.39, 0.29) is 72.1 Å². The number of imide groups is 1. The van der Waals surface area contributed by atoms with Crippen LogP contribution in [0.4, 0.5) is 10.5 Å². The van der Waals surface area contributed by atoms with Crippen LogP contribution in [0.5, 0.6) is 11.5 Å². The van der Waals surface area contributed by atoms with Crippen molar-refractivity contribution in [1.29, 1.82) is 0 Å². The van der Waals surface area contributed by atoms with Crippen molar-refractivity contribution in [1.82, 2.24) is 15.5 Å². The van der Waals surface area contributed by atoms with Crippen molar-refractivity contribution in [3.8, 4) is 11.5 Å². The molecule has 0 aliphatic carbocycles. The highest BCUT2D eigenvalue weighted by molar-refractivity contribution is 6.32. The standard InChI is InChI=1S/C26H25ClN4O8/c1-13(25(35)36)12-39-21-8-17(27)20(38-2)9-18(21)29-26(37)28-10-14-3-4-16-15(7-14)11-31(24(16)34)19-5-6-22(32)30-23(19)33/h3-4,7-9,19H,1,5-6,10-12H2,2H3,(H,35,36)(H2,28,29,37)(H,30,32,33). The average molecular weight is 557 g/mol. The van der Waals surface area contributed by atoms with E-state index in [1.165, 1.54) is 24.1 Å². The van der Waals surface area contributed by atoms with Crippen LogP contribution >= 0.6 is 11.6 Å². The first-order chi connectivity index (χ1) is 18.6. The van der Waals surface area contributed by atoms with Crippen molar-refractivity contribution >= 4 is 47.0 Å². The molecule has 13 heteroatoms. The second-order valence-corrected chi connectivity index (χ2v) is 9.29. The number of rotatable bonds is 9. The summed E-state index contributed by atoms with van der Waals surface area (Å²) in [5, 5.41) is 16.8. The van der Waals surface area contributed by atoms with E-state index in [2.05, 4.69) is 22.5 Å². The maximum atomic E-state index is 12.9. The zero-order valence-corrected chi connectivity index (χ0v) is 21.6. The number of carboxylic acid groups (broad SMARTS) is 1. The lowest BCUT2D eigenvalue weighted by Gasteiger charge is -2.29. The predicted molar refractivity (Wildman–Crippen MR) is 139 cm³/mol. The first kappa shape index (κ1) is 27.5. The van der Waals surface area contributed by atoms with E-state index < -0.39 is 23.9 Å². The molecule has 0 bridgehead atoms. The number of carbonyl (C=O) groups is 5. The van der Waals surface area contributed by atoms with Crippen molar-refractivity contribution < 1.29 is 38.6 Å². The Balaban J connectivity index is 1.40. The van der Waals surface area contributed by atoms with Crippen LogP contribution in [0.1, 0.15) is 34.3 Å². The lowest BCUT2D eigenvalue weighted by Crippen LogP contribution is -2.52. The molecule has 1 fully saturated rings. The fourth-order valence-corrected chi connectivity index (χ4v) is 4.45. The molecule has 2 aliphatic heterocycles. The van der Waals surface area contributed by atoms with Crippen LogP contribution in [0.15, 0.2) is 42.5 Å². The van der Waals surface area contributed by atoms with Crippen molar-refractivity contribution in [3.05, 3.63) is 64.2 Å². The molecule has 0 spiro atoms. The van der Waals surface area contributed by atoms with E-state index in [1.807, 2.05) is 0 Å². The Morgan fingerprint density at radius 1 is 1.21 bits per heavy atom. The van der Waals surface area contributed by atoms with Crippen LogP contribution in [0.3, 0.4) is 0 Å². The number of nitrogens with zero attached hydrogens (tertiary/aromatic N) is 1. The second-order valence-electron chi connectivity index (χ2n) is 8.88. The Labute approximate surface area is 227 Å². The molecule has 1 saturated heterocycles. The van der Waals surface area contributed by atoms with E-state index in [0.29, 0.717) is 16.7 Å². The van der Waals surface area contributed by atoms with Gasteiger partial charge in [-0.2, -0.15) is 0 Å². The summed E-state index contributed by atoms with van der Waals surface area (Å²) in [7, 11) is 1.40. The van der Waals surface area contributed by atoms with Gasteiger partial charge in [0.05, 0.1) is 23.4 Å². The number of hydrogen-bond acceptors (Lipinski definition) is 7. The number of amides is 5. The third-order valence-corrected chi connectivity index (χ3v) is 6.54. The van der Waals surface area contributed by atoms with Gasteiger partial charge in [-0.05, 0) is 23.6 Å². The van der Waals surface area contributed by atoms with Gasteiger partial charge in [0.25, 0.3) is 5.91 Å². The summed E-state index contributed by atoms with van der Waals surface area (Å²) >= 11 is 6.15.